The van der Waals surface area contributed by atoms with E-state index in [-0.39, 0.29) is 23.4 Å². The van der Waals surface area contributed by atoms with E-state index in [9.17, 15) is 17.6 Å². The molecule has 2 aliphatic rings. The van der Waals surface area contributed by atoms with E-state index in [0.29, 0.717) is 6.54 Å². The van der Waals surface area contributed by atoms with Crippen molar-refractivity contribution >= 4 is 15.9 Å². The number of sulfonamides is 1. The van der Waals surface area contributed by atoms with Crippen molar-refractivity contribution in [2.45, 2.75) is 49.5 Å². The van der Waals surface area contributed by atoms with Gasteiger partial charge in [0.05, 0.1) is 24.7 Å². The molecule has 0 unspecified atom stereocenters. The van der Waals surface area contributed by atoms with Gasteiger partial charge >= 0.3 is 0 Å². The van der Waals surface area contributed by atoms with Crippen LogP contribution in [-0.4, -0.2) is 75.5 Å². The van der Waals surface area contributed by atoms with Crippen LogP contribution in [-0.2, 0) is 19.6 Å². The van der Waals surface area contributed by atoms with Gasteiger partial charge in [-0.2, -0.15) is 4.31 Å². The van der Waals surface area contributed by atoms with Crippen LogP contribution in [0.1, 0.15) is 38.5 Å². The Balaban J connectivity index is 1.59. The van der Waals surface area contributed by atoms with E-state index in [2.05, 4.69) is 10.2 Å². The van der Waals surface area contributed by atoms with Crippen LogP contribution in [0.25, 0.3) is 0 Å². The first-order valence-corrected chi connectivity index (χ1v) is 12.2. The number of hydrogen-bond donors (Lipinski definition) is 1. The minimum Gasteiger partial charge on any atom is -0.379 e. The highest BCUT2D eigenvalue weighted by Gasteiger charge is 2.33. The SMILES string of the molecule is O=C(CN(C1CCCCC1)S(=O)(=O)c1ccc(F)cc1)NCCCN1CCOCC1. The number of carbonyl (C=O) groups is 1. The molecule has 168 valence electrons. The molecule has 0 aromatic heterocycles. The highest BCUT2D eigenvalue weighted by atomic mass is 32.2. The van der Waals surface area contributed by atoms with Crippen molar-refractivity contribution in [3.8, 4) is 0 Å². The van der Waals surface area contributed by atoms with Gasteiger partial charge < -0.3 is 10.1 Å². The fraction of sp³-hybridized carbons (Fsp3) is 0.667. The number of amides is 1. The molecule has 1 amide bonds. The highest BCUT2D eigenvalue weighted by Crippen LogP contribution is 2.27. The summed E-state index contributed by atoms with van der Waals surface area (Å²) in [6.45, 7) is 4.46. The van der Waals surface area contributed by atoms with Crippen LogP contribution in [0.5, 0.6) is 0 Å². The van der Waals surface area contributed by atoms with Gasteiger partial charge in [-0.3, -0.25) is 9.69 Å². The van der Waals surface area contributed by atoms with Crippen molar-refractivity contribution in [2.75, 3.05) is 45.9 Å². The molecule has 1 aliphatic carbocycles. The smallest absolute Gasteiger partial charge is 0.243 e. The van der Waals surface area contributed by atoms with Crippen molar-refractivity contribution in [1.29, 1.82) is 0 Å². The van der Waals surface area contributed by atoms with Crippen LogP contribution < -0.4 is 5.32 Å². The molecule has 1 aliphatic heterocycles. The zero-order valence-corrected chi connectivity index (χ0v) is 18.2. The van der Waals surface area contributed by atoms with E-state index >= 15 is 0 Å². The third-order valence-electron chi connectivity index (χ3n) is 5.78. The maximum Gasteiger partial charge on any atom is 0.243 e. The Labute approximate surface area is 178 Å². The number of halogens is 1. The van der Waals surface area contributed by atoms with Crippen molar-refractivity contribution in [3.05, 3.63) is 30.1 Å². The van der Waals surface area contributed by atoms with Gasteiger partial charge in [0, 0.05) is 25.7 Å². The Morgan fingerprint density at radius 3 is 2.47 bits per heavy atom. The Hall–Kier alpha value is -1.55. The number of nitrogens with one attached hydrogen (secondary N) is 1. The maximum absolute atomic E-state index is 13.3. The molecule has 2 fully saturated rings. The molecule has 3 rings (SSSR count). The lowest BCUT2D eigenvalue weighted by molar-refractivity contribution is -0.121. The minimum atomic E-state index is -3.88. The molecule has 30 heavy (non-hydrogen) atoms. The van der Waals surface area contributed by atoms with Crippen molar-refractivity contribution in [1.82, 2.24) is 14.5 Å². The standard InChI is InChI=1S/C21H32FN3O4S/c22-18-7-9-20(10-8-18)30(27,28)25(19-5-2-1-3-6-19)17-21(26)23-11-4-12-24-13-15-29-16-14-24/h7-10,19H,1-6,11-17H2,(H,23,26). The lowest BCUT2D eigenvalue weighted by Gasteiger charge is -2.33. The first kappa shape index (κ1) is 23.1. The summed E-state index contributed by atoms with van der Waals surface area (Å²) in [5, 5.41) is 2.86. The Bertz CT molecular complexity index is 776. The van der Waals surface area contributed by atoms with Gasteiger partial charge in [0.15, 0.2) is 0 Å². The van der Waals surface area contributed by atoms with Crippen molar-refractivity contribution in [3.63, 3.8) is 0 Å². The van der Waals surface area contributed by atoms with Gasteiger partial charge in [-0.1, -0.05) is 19.3 Å². The second-order valence-electron chi connectivity index (χ2n) is 7.95. The Morgan fingerprint density at radius 1 is 1.13 bits per heavy atom. The van der Waals surface area contributed by atoms with E-state index in [1.807, 2.05) is 0 Å². The zero-order valence-electron chi connectivity index (χ0n) is 17.4. The van der Waals surface area contributed by atoms with Gasteiger partial charge in [0.1, 0.15) is 5.82 Å². The second-order valence-corrected chi connectivity index (χ2v) is 9.84. The number of ether oxygens (including phenoxy) is 1. The zero-order chi connectivity index (χ0) is 21.4. The summed E-state index contributed by atoms with van der Waals surface area (Å²) < 4.78 is 46.3. The lowest BCUT2D eigenvalue weighted by Crippen LogP contribution is -2.47. The van der Waals surface area contributed by atoms with Crippen LogP contribution in [0, 0.1) is 5.82 Å². The molecule has 1 heterocycles. The molecule has 1 saturated carbocycles. The molecule has 7 nitrogen and oxygen atoms in total. The van der Waals surface area contributed by atoms with Gasteiger partial charge in [-0.05, 0) is 50.1 Å². The predicted octanol–water partition coefficient (Wildman–Crippen LogP) is 1.99. The summed E-state index contributed by atoms with van der Waals surface area (Å²) in [6, 6.07) is 4.60. The summed E-state index contributed by atoms with van der Waals surface area (Å²) in [5.74, 6) is -0.788. The first-order valence-electron chi connectivity index (χ1n) is 10.8. The number of benzene rings is 1. The molecule has 0 radical (unpaired) electrons. The van der Waals surface area contributed by atoms with Crippen LogP contribution >= 0.6 is 0 Å². The number of rotatable bonds is 9. The quantitative estimate of drug-likeness (QED) is 0.593. The molecule has 0 spiro atoms. The Morgan fingerprint density at radius 2 is 1.80 bits per heavy atom. The van der Waals surface area contributed by atoms with Gasteiger partial charge in [0.2, 0.25) is 15.9 Å². The highest BCUT2D eigenvalue weighted by molar-refractivity contribution is 7.89. The first-order chi connectivity index (χ1) is 14.5. The number of nitrogens with zero attached hydrogens (tertiary/aromatic N) is 2. The summed E-state index contributed by atoms with van der Waals surface area (Å²) in [4.78, 5) is 14.9. The van der Waals surface area contributed by atoms with Crippen molar-refractivity contribution in [2.24, 2.45) is 0 Å². The van der Waals surface area contributed by atoms with Crippen LogP contribution in [0.4, 0.5) is 4.39 Å². The molecule has 1 aromatic carbocycles. The third-order valence-corrected chi connectivity index (χ3v) is 7.69. The molecule has 1 aromatic rings. The largest absolute Gasteiger partial charge is 0.379 e. The Kier molecular flexibility index (Phi) is 8.61. The van der Waals surface area contributed by atoms with Crippen molar-refractivity contribution < 1.29 is 22.3 Å². The fourth-order valence-electron chi connectivity index (χ4n) is 4.07. The lowest BCUT2D eigenvalue weighted by atomic mass is 9.95. The third kappa shape index (κ3) is 6.47. The maximum atomic E-state index is 13.3. The van der Waals surface area contributed by atoms with Crippen LogP contribution in [0.3, 0.4) is 0 Å². The molecular formula is C21H32FN3O4S. The van der Waals surface area contributed by atoms with E-state index in [4.69, 9.17) is 4.74 Å². The topological polar surface area (TPSA) is 79.0 Å². The fourth-order valence-corrected chi connectivity index (χ4v) is 5.72. The summed E-state index contributed by atoms with van der Waals surface area (Å²) in [7, 11) is -3.88. The minimum absolute atomic E-state index is 0.0228. The van der Waals surface area contributed by atoms with Gasteiger partial charge in [0.25, 0.3) is 0 Å². The predicted molar refractivity (Wildman–Crippen MR) is 112 cm³/mol. The summed E-state index contributed by atoms with van der Waals surface area (Å²) >= 11 is 0. The molecule has 0 atom stereocenters. The van der Waals surface area contributed by atoms with Gasteiger partial charge in [-0.15, -0.1) is 0 Å². The van der Waals surface area contributed by atoms with E-state index in [0.717, 1.165) is 83.5 Å². The van der Waals surface area contributed by atoms with Crippen LogP contribution in [0.15, 0.2) is 29.2 Å². The molecule has 1 saturated heterocycles. The molecular weight excluding hydrogens is 409 g/mol. The monoisotopic (exact) mass is 441 g/mol. The average molecular weight is 442 g/mol. The average Bonchev–Trinajstić information content (AvgIpc) is 2.76. The van der Waals surface area contributed by atoms with Gasteiger partial charge in [-0.25, -0.2) is 12.8 Å². The second kappa shape index (κ2) is 11.2. The molecule has 9 heteroatoms. The van der Waals surface area contributed by atoms with E-state index in [1.165, 1.54) is 16.4 Å². The van der Waals surface area contributed by atoms with E-state index in [1.54, 1.807) is 0 Å². The molecule has 1 N–H and O–H groups in total. The normalized spacial score (nSPS) is 19.1. The summed E-state index contributed by atoms with van der Waals surface area (Å²) in [5.41, 5.74) is 0. The number of carbonyl (C=O) groups excluding carboxylic acids is 1. The van der Waals surface area contributed by atoms with E-state index < -0.39 is 15.8 Å². The number of morpholine rings is 1. The molecule has 0 bridgehead atoms. The summed E-state index contributed by atoms with van der Waals surface area (Å²) in [6.07, 6.45) is 5.26. The van der Waals surface area contributed by atoms with Crippen LogP contribution in [0.2, 0.25) is 0 Å². The number of hydrogen-bond acceptors (Lipinski definition) is 5.